The first-order valence-corrected chi connectivity index (χ1v) is 8.04. The summed E-state index contributed by atoms with van der Waals surface area (Å²) in [6.45, 7) is 4.57. The van der Waals surface area contributed by atoms with E-state index in [1.807, 2.05) is 7.05 Å². The number of nitrogens with zero attached hydrogens (tertiary/aromatic N) is 2. The van der Waals surface area contributed by atoms with E-state index in [4.69, 9.17) is 5.73 Å². The largest absolute Gasteiger partial charge is 0.339 e. The number of carbonyl (C=O) groups is 1. The molecule has 1 fully saturated rings. The van der Waals surface area contributed by atoms with Crippen molar-refractivity contribution in [1.82, 2.24) is 9.80 Å². The van der Waals surface area contributed by atoms with Crippen molar-refractivity contribution in [1.29, 1.82) is 0 Å². The highest BCUT2D eigenvalue weighted by Gasteiger charge is 2.24. The van der Waals surface area contributed by atoms with Gasteiger partial charge in [0, 0.05) is 32.2 Å². The van der Waals surface area contributed by atoms with Crippen molar-refractivity contribution in [2.75, 3.05) is 44.7 Å². The van der Waals surface area contributed by atoms with Crippen LogP contribution in [0, 0.1) is 0 Å². The Morgan fingerprint density at radius 2 is 1.83 bits per heavy atom. The summed E-state index contributed by atoms with van der Waals surface area (Å²) in [4.78, 5) is 15.6. The SMILES string of the molecule is CC(N)CCS(=O)(=O)CC(=O)N1CCN(C)CC1. The normalized spacial score (nSPS) is 19.8. The number of likely N-dealkylation sites (N-methyl/N-ethyl adjacent to an activating group) is 1. The number of carbonyl (C=O) groups excluding carboxylic acids is 1. The number of piperazine rings is 1. The molecule has 0 radical (unpaired) electrons. The van der Waals surface area contributed by atoms with Crippen molar-refractivity contribution in [2.24, 2.45) is 5.73 Å². The third-order valence-corrected chi connectivity index (χ3v) is 4.63. The average Bonchev–Trinajstić information content (AvgIpc) is 2.27. The number of amides is 1. The zero-order valence-electron chi connectivity index (χ0n) is 11.1. The summed E-state index contributed by atoms with van der Waals surface area (Å²) in [6, 6.07) is -0.154. The fourth-order valence-corrected chi connectivity index (χ4v) is 3.21. The van der Waals surface area contributed by atoms with Crippen LogP contribution < -0.4 is 5.73 Å². The summed E-state index contributed by atoms with van der Waals surface area (Å²) in [5.41, 5.74) is 5.52. The summed E-state index contributed by atoms with van der Waals surface area (Å²) in [6.07, 6.45) is 0.401. The molecule has 18 heavy (non-hydrogen) atoms. The first-order chi connectivity index (χ1) is 8.30. The Balaban J connectivity index is 2.43. The summed E-state index contributed by atoms with van der Waals surface area (Å²) in [7, 11) is -1.34. The molecule has 1 saturated heterocycles. The highest BCUT2D eigenvalue weighted by atomic mass is 32.2. The molecule has 0 aromatic rings. The van der Waals surface area contributed by atoms with Crippen molar-refractivity contribution < 1.29 is 13.2 Å². The highest BCUT2D eigenvalue weighted by Crippen LogP contribution is 2.03. The second-order valence-electron chi connectivity index (χ2n) is 5.04. The van der Waals surface area contributed by atoms with E-state index < -0.39 is 9.84 Å². The molecule has 106 valence electrons. The van der Waals surface area contributed by atoms with E-state index in [1.165, 1.54) is 0 Å². The Hall–Kier alpha value is -0.660. The topological polar surface area (TPSA) is 83.7 Å². The number of hydrogen-bond donors (Lipinski definition) is 1. The van der Waals surface area contributed by atoms with Gasteiger partial charge in [-0.1, -0.05) is 0 Å². The van der Waals surface area contributed by atoms with E-state index in [0.717, 1.165) is 13.1 Å². The monoisotopic (exact) mass is 277 g/mol. The smallest absolute Gasteiger partial charge is 0.237 e. The third-order valence-electron chi connectivity index (χ3n) is 3.08. The van der Waals surface area contributed by atoms with E-state index in [1.54, 1.807) is 11.8 Å². The molecule has 1 unspecified atom stereocenters. The van der Waals surface area contributed by atoms with Crippen molar-refractivity contribution in [3.8, 4) is 0 Å². The molecule has 2 N–H and O–H groups in total. The van der Waals surface area contributed by atoms with Crippen molar-refractivity contribution in [2.45, 2.75) is 19.4 Å². The van der Waals surface area contributed by atoms with Crippen LogP contribution in [0.15, 0.2) is 0 Å². The van der Waals surface area contributed by atoms with Gasteiger partial charge in [-0.25, -0.2) is 8.42 Å². The number of rotatable bonds is 5. The molecule has 0 saturated carbocycles. The molecule has 0 spiro atoms. The Labute approximate surface area is 109 Å². The number of hydrogen-bond acceptors (Lipinski definition) is 5. The van der Waals surface area contributed by atoms with Gasteiger partial charge in [0.25, 0.3) is 0 Å². The molecule has 7 heteroatoms. The minimum Gasteiger partial charge on any atom is -0.339 e. The molecule has 6 nitrogen and oxygen atoms in total. The summed E-state index contributed by atoms with van der Waals surface area (Å²) in [5.74, 6) is -0.680. The molecule has 1 rings (SSSR count). The molecule has 0 aromatic carbocycles. The van der Waals surface area contributed by atoms with Gasteiger partial charge in [-0.2, -0.15) is 0 Å². The van der Waals surface area contributed by atoms with E-state index in [9.17, 15) is 13.2 Å². The summed E-state index contributed by atoms with van der Waals surface area (Å²) < 4.78 is 23.5. The Morgan fingerprint density at radius 3 is 2.33 bits per heavy atom. The molecule has 1 aliphatic rings. The van der Waals surface area contributed by atoms with Gasteiger partial charge < -0.3 is 15.5 Å². The fourth-order valence-electron chi connectivity index (χ4n) is 1.77. The van der Waals surface area contributed by atoms with E-state index in [-0.39, 0.29) is 23.5 Å². The Morgan fingerprint density at radius 1 is 1.28 bits per heavy atom. The lowest BCUT2D eigenvalue weighted by atomic mass is 10.3. The number of sulfone groups is 1. The van der Waals surface area contributed by atoms with E-state index >= 15 is 0 Å². The predicted octanol–water partition coefficient (Wildman–Crippen LogP) is -1.09. The van der Waals surface area contributed by atoms with Crippen LogP contribution in [0.5, 0.6) is 0 Å². The van der Waals surface area contributed by atoms with Gasteiger partial charge in [-0.15, -0.1) is 0 Å². The molecule has 1 heterocycles. The second-order valence-corrected chi connectivity index (χ2v) is 7.23. The minimum absolute atomic E-state index is 0.00977. The second kappa shape index (κ2) is 6.49. The zero-order valence-corrected chi connectivity index (χ0v) is 11.9. The molecular weight excluding hydrogens is 254 g/mol. The van der Waals surface area contributed by atoms with Crippen LogP contribution in [0.2, 0.25) is 0 Å². The molecule has 0 aliphatic carbocycles. The van der Waals surface area contributed by atoms with Crippen LogP contribution >= 0.6 is 0 Å². The predicted molar refractivity (Wildman–Crippen MR) is 71.0 cm³/mol. The lowest BCUT2D eigenvalue weighted by Gasteiger charge is -2.32. The molecular formula is C11H23N3O3S. The minimum atomic E-state index is -3.32. The van der Waals surface area contributed by atoms with Crippen LogP contribution in [0.4, 0.5) is 0 Å². The molecule has 1 atom stereocenters. The van der Waals surface area contributed by atoms with Crippen molar-refractivity contribution >= 4 is 15.7 Å². The maximum absolute atomic E-state index is 11.9. The molecule has 0 aromatic heterocycles. The molecule has 1 aliphatic heterocycles. The first-order valence-electron chi connectivity index (χ1n) is 6.22. The number of nitrogens with two attached hydrogens (primary N) is 1. The summed E-state index contributed by atoms with van der Waals surface area (Å²) >= 11 is 0. The molecule has 1 amide bonds. The average molecular weight is 277 g/mol. The quantitative estimate of drug-likeness (QED) is 0.690. The fraction of sp³-hybridized carbons (Fsp3) is 0.909. The van der Waals surface area contributed by atoms with Gasteiger partial charge >= 0.3 is 0 Å². The van der Waals surface area contributed by atoms with Gasteiger partial charge in [0.15, 0.2) is 9.84 Å². The van der Waals surface area contributed by atoms with Gasteiger partial charge in [0.1, 0.15) is 5.75 Å². The Bertz CT molecular complexity index is 373. The van der Waals surface area contributed by atoms with Gasteiger partial charge in [0.05, 0.1) is 5.75 Å². The van der Waals surface area contributed by atoms with Crippen molar-refractivity contribution in [3.63, 3.8) is 0 Å². The van der Waals surface area contributed by atoms with E-state index in [0.29, 0.717) is 19.5 Å². The third kappa shape index (κ3) is 5.32. The van der Waals surface area contributed by atoms with Gasteiger partial charge in [0.2, 0.25) is 5.91 Å². The van der Waals surface area contributed by atoms with E-state index in [2.05, 4.69) is 4.90 Å². The molecule has 0 bridgehead atoms. The van der Waals surface area contributed by atoms with Crippen molar-refractivity contribution in [3.05, 3.63) is 0 Å². The van der Waals surface area contributed by atoms with Gasteiger partial charge in [-0.3, -0.25) is 4.79 Å². The maximum Gasteiger partial charge on any atom is 0.237 e. The first kappa shape index (κ1) is 15.4. The maximum atomic E-state index is 11.9. The van der Waals surface area contributed by atoms with Crippen LogP contribution in [0.1, 0.15) is 13.3 Å². The lowest BCUT2D eigenvalue weighted by Crippen LogP contribution is -2.48. The van der Waals surface area contributed by atoms with Crippen LogP contribution in [-0.4, -0.2) is 74.9 Å². The zero-order chi connectivity index (χ0) is 13.8. The Kier molecular flexibility index (Phi) is 5.55. The standard InChI is InChI=1S/C11H23N3O3S/c1-10(12)3-8-18(16,17)9-11(15)14-6-4-13(2)5-7-14/h10H,3-9,12H2,1-2H3. The van der Waals surface area contributed by atoms with Crippen LogP contribution in [0.3, 0.4) is 0 Å². The van der Waals surface area contributed by atoms with Gasteiger partial charge in [-0.05, 0) is 20.4 Å². The highest BCUT2D eigenvalue weighted by molar-refractivity contribution is 7.92. The van der Waals surface area contributed by atoms with Crippen LogP contribution in [0.25, 0.3) is 0 Å². The summed E-state index contributed by atoms with van der Waals surface area (Å²) in [5, 5.41) is 0. The lowest BCUT2D eigenvalue weighted by molar-refractivity contribution is -0.129. The van der Waals surface area contributed by atoms with Crippen LogP contribution in [-0.2, 0) is 14.6 Å².